The second kappa shape index (κ2) is 7.66. The van der Waals surface area contributed by atoms with Gasteiger partial charge in [-0.15, -0.1) is 0 Å². The molecular weight excluding hydrogens is 312 g/mol. The number of furan rings is 1. The highest BCUT2D eigenvalue weighted by atomic mass is 35.5. The Labute approximate surface area is 141 Å². The lowest BCUT2D eigenvalue weighted by atomic mass is 10.1. The van der Waals surface area contributed by atoms with Crippen LogP contribution in [0.1, 0.15) is 41.4 Å². The molecule has 23 heavy (non-hydrogen) atoms. The van der Waals surface area contributed by atoms with Gasteiger partial charge < -0.3 is 9.73 Å². The minimum Gasteiger partial charge on any atom is -0.468 e. The molecule has 4 nitrogen and oxygen atoms in total. The van der Waals surface area contributed by atoms with E-state index in [1.807, 2.05) is 12.1 Å². The first-order valence-corrected chi connectivity index (χ1v) is 8.43. The van der Waals surface area contributed by atoms with Gasteiger partial charge in [0.15, 0.2) is 0 Å². The average Bonchev–Trinajstić information content (AvgIpc) is 3.10. The molecule has 1 amide bonds. The average molecular weight is 333 g/mol. The van der Waals surface area contributed by atoms with Gasteiger partial charge >= 0.3 is 0 Å². The van der Waals surface area contributed by atoms with Crippen LogP contribution in [0, 0.1) is 0 Å². The van der Waals surface area contributed by atoms with E-state index in [0.717, 1.165) is 18.8 Å². The van der Waals surface area contributed by atoms with Crippen LogP contribution in [0.25, 0.3) is 0 Å². The maximum atomic E-state index is 12.3. The summed E-state index contributed by atoms with van der Waals surface area (Å²) in [5, 5.41) is 3.58. The van der Waals surface area contributed by atoms with E-state index in [0.29, 0.717) is 17.1 Å². The Morgan fingerprint density at radius 3 is 2.74 bits per heavy atom. The number of hydrogen-bond acceptors (Lipinski definition) is 3. The van der Waals surface area contributed by atoms with Crippen LogP contribution in [0.5, 0.6) is 0 Å². The minimum atomic E-state index is -0.110. The second-order valence-corrected chi connectivity index (χ2v) is 6.28. The number of carbonyl (C=O) groups excluding carboxylic acids is 1. The number of likely N-dealkylation sites (tertiary alicyclic amines) is 1. The van der Waals surface area contributed by atoms with Gasteiger partial charge in [0.1, 0.15) is 5.76 Å². The SMILES string of the molecule is O=C(NC[C@@H](c1ccco1)N1CCCCC1)c1cccc(Cl)c1. The number of carbonyl (C=O) groups is 1. The molecule has 2 aromatic rings. The number of nitrogens with zero attached hydrogens (tertiary/aromatic N) is 1. The molecular formula is C18H21ClN2O2. The molecule has 1 N–H and O–H groups in total. The summed E-state index contributed by atoms with van der Waals surface area (Å²) in [6.45, 7) is 2.61. The molecule has 1 aliphatic rings. The van der Waals surface area contributed by atoms with E-state index >= 15 is 0 Å². The molecule has 1 saturated heterocycles. The summed E-state index contributed by atoms with van der Waals surface area (Å²) < 4.78 is 5.59. The summed E-state index contributed by atoms with van der Waals surface area (Å²) in [4.78, 5) is 14.7. The molecule has 1 aromatic heterocycles. The van der Waals surface area contributed by atoms with Crippen LogP contribution in [0.15, 0.2) is 47.1 Å². The van der Waals surface area contributed by atoms with Crippen LogP contribution in [0.4, 0.5) is 0 Å². The first kappa shape index (κ1) is 16.1. The summed E-state index contributed by atoms with van der Waals surface area (Å²) in [7, 11) is 0. The van der Waals surface area contributed by atoms with Gasteiger partial charge in [0.2, 0.25) is 0 Å². The first-order chi connectivity index (χ1) is 11.2. The van der Waals surface area contributed by atoms with Crippen LogP contribution in [0.3, 0.4) is 0 Å². The van der Waals surface area contributed by atoms with Crippen molar-refractivity contribution in [3.05, 3.63) is 59.0 Å². The molecule has 0 aliphatic carbocycles. The van der Waals surface area contributed by atoms with Crippen molar-refractivity contribution in [1.82, 2.24) is 10.2 Å². The standard InChI is InChI=1S/C18H21ClN2O2/c19-15-7-4-6-14(12-15)18(22)20-13-16(17-8-5-11-23-17)21-9-2-1-3-10-21/h4-8,11-12,16H,1-3,9-10,13H2,(H,20,22)/t16-/m0/s1. The van der Waals surface area contributed by atoms with E-state index < -0.39 is 0 Å². The van der Waals surface area contributed by atoms with Gasteiger partial charge in [-0.3, -0.25) is 9.69 Å². The van der Waals surface area contributed by atoms with Crippen molar-refractivity contribution in [3.8, 4) is 0 Å². The van der Waals surface area contributed by atoms with E-state index in [4.69, 9.17) is 16.0 Å². The fourth-order valence-electron chi connectivity index (χ4n) is 3.04. The molecule has 1 atom stereocenters. The smallest absolute Gasteiger partial charge is 0.251 e. The number of rotatable bonds is 5. The Hall–Kier alpha value is -1.78. The Morgan fingerprint density at radius 2 is 2.04 bits per heavy atom. The number of nitrogens with one attached hydrogen (secondary N) is 1. The Morgan fingerprint density at radius 1 is 1.22 bits per heavy atom. The Kier molecular flexibility index (Phi) is 5.36. The molecule has 0 unspecified atom stereocenters. The molecule has 3 rings (SSSR count). The van der Waals surface area contributed by atoms with Crippen molar-refractivity contribution in [2.45, 2.75) is 25.3 Å². The van der Waals surface area contributed by atoms with Crippen LogP contribution >= 0.6 is 11.6 Å². The summed E-state index contributed by atoms with van der Waals surface area (Å²) >= 11 is 5.95. The van der Waals surface area contributed by atoms with Gasteiger partial charge in [0, 0.05) is 17.1 Å². The Bertz CT molecular complexity index is 636. The van der Waals surface area contributed by atoms with Crippen molar-refractivity contribution in [2.24, 2.45) is 0 Å². The van der Waals surface area contributed by atoms with Gasteiger partial charge in [-0.25, -0.2) is 0 Å². The summed E-state index contributed by atoms with van der Waals surface area (Å²) in [6, 6.07) is 10.9. The normalized spacial score (nSPS) is 16.9. The van der Waals surface area contributed by atoms with Crippen molar-refractivity contribution in [3.63, 3.8) is 0 Å². The predicted molar refractivity (Wildman–Crippen MR) is 90.7 cm³/mol. The highest BCUT2D eigenvalue weighted by molar-refractivity contribution is 6.30. The molecule has 0 spiro atoms. The second-order valence-electron chi connectivity index (χ2n) is 5.85. The molecule has 1 aliphatic heterocycles. The zero-order chi connectivity index (χ0) is 16.1. The lowest BCUT2D eigenvalue weighted by molar-refractivity contribution is 0.0914. The van der Waals surface area contributed by atoms with Gasteiger partial charge in [-0.2, -0.15) is 0 Å². The number of piperidine rings is 1. The van der Waals surface area contributed by atoms with E-state index in [1.54, 1.807) is 30.5 Å². The number of benzene rings is 1. The number of amides is 1. The number of hydrogen-bond donors (Lipinski definition) is 1. The van der Waals surface area contributed by atoms with Gasteiger partial charge in [-0.05, 0) is 56.3 Å². The first-order valence-electron chi connectivity index (χ1n) is 8.05. The topological polar surface area (TPSA) is 45.5 Å². The largest absolute Gasteiger partial charge is 0.468 e. The lowest BCUT2D eigenvalue weighted by Gasteiger charge is -2.33. The molecule has 5 heteroatoms. The maximum absolute atomic E-state index is 12.3. The van der Waals surface area contributed by atoms with Gasteiger partial charge in [0.25, 0.3) is 5.91 Å². The maximum Gasteiger partial charge on any atom is 0.251 e. The third kappa shape index (κ3) is 4.15. The Balaban J connectivity index is 1.67. The van der Waals surface area contributed by atoms with Crippen LogP contribution in [0.2, 0.25) is 5.02 Å². The summed E-state index contributed by atoms with van der Waals surface area (Å²) in [5.74, 6) is 0.791. The summed E-state index contributed by atoms with van der Waals surface area (Å²) in [6.07, 6.45) is 5.35. The number of halogens is 1. The summed E-state index contributed by atoms with van der Waals surface area (Å²) in [5.41, 5.74) is 0.578. The fourth-order valence-corrected chi connectivity index (χ4v) is 3.23. The van der Waals surface area contributed by atoms with Crippen LogP contribution in [-0.4, -0.2) is 30.4 Å². The minimum absolute atomic E-state index is 0.0773. The van der Waals surface area contributed by atoms with Crippen LogP contribution in [-0.2, 0) is 0 Å². The van der Waals surface area contributed by atoms with E-state index in [1.165, 1.54) is 19.3 Å². The van der Waals surface area contributed by atoms with E-state index in [9.17, 15) is 4.79 Å². The quantitative estimate of drug-likeness (QED) is 0.903. The third-order valence-corrected chi connectivity index (χ3v) is 4.48. The fraction of sp³-hybridized carbons (Fsp3) is 0.389. The van der Waals surface area contributed by atoms with Crippen molar-refractivity contribution < 1.29 is 9.21 Å². The molecule has 2 heterocycles. The van der Waals surface area contributed by atoms with Gasteiger partial charge in [0.05, 0.1) is 12.3 Å². The molecule has 1 aromatic carbocycles. The van der Waals surface area contributed by atoms with Crippen LogP contribution < -0.4 is 5.32 Å². The van der Waals surface area contributed by atoms with Crippen molar-refractivity contribution >= 4 is 17.5 Å². The van der Waals surface area contributed by atoms with Crippen molar-refractivity contribution in [1.29, 1.82) is 0 Å². The monoisotopic (exact) mass is 332 g/mol. The van der Waals surface area contributed by atoms with E-state index in [-0.39, 0.29) is 11.9 Å². The molecule has 122 valence electrons. The zero-order valence-corrected chi connectivity index (χ0v) is 13.8. The van der Waals surface area contributed by atoms with E-state index in [2.05, 4.69) is 10.2 Å². The van der Waals surface area contributed by atoms with Crippen molar-refractivity contribution in [2.75, 3.05) is 19.6 Å². The molecule has 0 radical (unpaired) electrons. The highest BCUT2D eigenvalue weighted by Gasteiger charge is 2.25. The third-order valence-electron chi connectivity index (χ3n) is 4.25. The molecule has 1 fully saturated rings. The van der Waals surface area contributed by atoms with Gasteiger partial charge in [-0.1, -0.05) is 24.1 Å². The molecule has 0 bridgehead atoms. The molecule has 0 saturated carbocycles. The predicted octanol–water partition coefficient (Wildman–Crippen LogP) is 3.89. The zero-order valence-electron chi connectivity index (χ0n) is 13.0. The highest BCUT2D eigenvalue weighted by Crippen LogP contribution is 2.24. The lowest BCUT2D eigenvalue weighted by Crippen LogP contribution is -2.40.